The maximum absolute atomic E-state index is 10.9. The summed E-state index contributed by atoms with van der Waals surface area (Å²) in [5.41, 5.74) is 12.3. The van der Waals surface area contributed by atoms with Crippen molar-refractivity contribution in [2.75, 3.05) is 6.54 Å². The second-order valence-corrected chi connectivity index (χ2v) is 5.56. The van der Waals surface area contributed by atoms with Gasteiger partial charge in [0.25, 0.3) is 5.69 Å². The summed E-state index contributed by atoms with van der Waals surface area (Å²) in [7, 11) is 0. The van der Waals surface area contributed by atoms with Crippen LogP contribution in [0.5, 0.6) is 0 Å². The highest BCUT2D eigenvalue weighted by atomic mass is 16.6. The first kappa shape index (κ1) is 18.3. The number of nitrogens with zero attached hydrogens (tertiary/aromatic N) is 1. The molecule has 1 atom stereocenters. The quantitative estimate of drug-likeness (QED) is 0.371. The molecule has 5 nitrogen and oxygen atoms in total. The van der Waals surface area contributed by atoms with Gasteiger partial charge < -0.3 is 11.5 Å². The molecule has 1 rings (SSSR count). The minimum Gasteiger partial charge on any atom is -0.330 e. The van der Waals surface area contributed by atoms with Gasteiger partial charge in [-0.05, 0) is 31.9 Å². The molecule has 0 fully saturated rings. The van der Waals surface area contributed by atoms with E-state index in [1.165, 1.54) is 25.3 Å². The van der Waals surface area contributed by atoms with Gasteiger partial charge in [-0.1, -0.05) is 50.0 Å². The third-order valence-electron chi connectivity index (χ3n) is 3.65. The Morgan fingerprint density at radius 2 is 1.82 bits per heavy atom. The average Bonchev–Trinajstić information content (AvgIpc) is 2.51. The van der Waals surface area contributed by atoms with Crippen molar-refractivity contribution >= 4 is 11.8 Å². The molecule has 0 radical (unpaired) electrons. The fraction of sp³-hybridized carbons (Fsp3) is 0.529. The van der Waals surface area contributed by atoms with Crippen LogP contribution in [0, 0.1) is 10.1 Å². The molecule has 0 bridgehead atoms. The van der Waals surface area contributed by atoms with Gasteiger partial charge in [0.15, 0.2) is 0 Å². The minimum atomic E-state index is -0.360. The van der Waals surface area contributed by atoms with E-state index in [9.17, 15) is 10.1 Å². The number of hydrogen-bond acceptors (Lipinski definition) is 4. The van der Waals surface area contributed by atoms with E-state index in [0.29, 0.717) is 5.56 Å². The van der Waals surface area contributed by atoms with Crippen molar-refractivity contribution in [3.63, 3.8) is 0 Å². The van der Waals surface area contributed by atoms with E-state index in [2.05, 4.69) is 0 Å². The Balaban J connectivity index is 2.29. The minimum absolute atomic E-state index is 0.119. The molecule has 122 valence electrons. The summed E-state index contributed by atoms with van der Waals surface area (Å²) < 4.78 is 0. The maximum Gasteiger partial charge on any atom is 0.276 e. The Bertz CT molecular complexity index is 475. The molecule has 5 heteroatoms. The first-order valence-corrected chi connectivity index (χ1v) is 8.00. The van der Waals surface area contributed by atoms with Gasteiger partial charge in [0.2, 0.25) is 0 Å². The number of para-hydroxylation sites is 1. The number of hydrogen-bond donors (Lipinski definition) is 2. The van der Waals surface area contributed by atoms with E-state index in [-0.39, 0.29) is 16.7 Å². The molecule has 0 saturated heterocycles. The third kappa shape index (κ3) is 7.33. The van der Waals surface area contributed by atoms with Gasteiger partial charge >= 0.3 is 0 Å². The van der Waals surface area contributed by atoms with Crippen molar-refractivity contribution in [2.24, 2.45) is 11.5 Å². The number of nitro benzene ring substituents is 1. The summed E-state index contributed by atoms with van der Waals surface area (Å²) in [6.07, 6.45) is 11.3. The molecule has 0 heterocycles. The first-order chi connectivity index (χ1) is 10.6. The molecule has 0 aromatic heterocycles. The van der Waals surface area contributed by atoms with E-state index in [4.69, 9.17) is 11.5 Å². The molecule has 1 aromatic carbocycles. The number of rotatable bonds is 11. The highest BCUT2D eigenvalue weighted by Gasteiger charge is 2.09. The highest BCUT2D eigenvalue weighted by molar-refractivity contribution is 5.60. The van der Waals surface area contributed by atoms with Crippen LogP contribution in [0.2, 0.25) is 0 Å². The summed E-state index contributed by atoms with van der Waals surface area (Å²) in [4.78, 5) is 10.5. The van der Waals surface area contributed by atoms with Crippen LogP contribution in [-0.2, 0) is 0 Å². The Labute approximate surface area is 132 Å². The SMILES string of the molecule is NCCCCCCCC(N)CC=Cc1ccccc1[N+](=O)[O-]. The summed E-state index contributed by atoms with van der Waals surface area (Å²) in [6, 6.07) is 6.85. The maximum atomic E-state index is 10.9. The zero-order valence-electron chi connectivity index (χ0n) is 13.1. The molecule has 0 saturated carbocycles. The van der Waals surface area contributed by atoms with Gasteiger partial charge in [0.1, 0.15) is 0 Å². The van der Waals surface area contributed by atoms with Crippen molar-refractivity contribution in [1.82, 2.24) is 0 Å². The fourth-order valence-electron chi connectivity index (χ4n) is 2.36. The lowest BCUT2D eigenvalue weighted by atomic mass is 10.0. The van der Waals surface area contributed by atoms with Crippen LogP contribution in [0.25, 0.3) is 6.08 Å². The van der Waals surface area contributed by atoms with E-state index >= 15 is 0 Å². The van der Waals surface area contributed by atoms with Crippen molar-refractivity contribution in [3.8, 4) is 0 Å². The Hall–Kier alpha value is -1.72. The number of benzene rings is 1. The van der Waals surface area contributed by atoms with Gasteiger partial charge in [-0.25, -0.2) is 0 Å². The highest BCUT2D eigenvalue weighted by Crippen LogP contribution is 2.19. The zero-order valence-corrected chi connectivity index (χ0v) is 13.1. The van der Waals surface area contributed by atoms with Gasteiger partial charge in [0, 0.05) is 12.1 Å². The third-order valence-corrected chi connectivity index (χ3v) is 3.65. The summed E-state index contributed by atoms with van der Waals surface area (Å²) in [5.74, 6) is 0. The normalized spacial score (nSPS) is 12.6. The topological polar surface area (TPSA) is 95.2 Å². The molecular weight excluding hydrogens is 278 g/mol. The van der Waals surface area contributed by atoms with Crippen LogP contribution in [-0.4, -0.2) is 17.5 Å². The molecule has 0 aliphatic carbocycles. The Kier molecular flexibility index (Phi) is 9.11. The van der Waals surface area contributed by atoms with E-state index in [0.717, 1.165) is 32.2 Å². The van der Waals surface area contributed by atoms with Gasteiger partial charge in [-0.2, -0.15) is 0 Å². The van der Waals surface area contributed by atoms with Gasteiger partial charge in [-0.15, -0.1) is 0 Å². The number of nitro groups is 1. The van der Waals surface area contributed by atoms with Crippen LogP contribution < -0.4 is 11.5 Å². The van der Waals surface area contributed by atoms with Crippen LogP contribution >= 0.6 is 0 Å². The van der Waals surface area contributed by atoms with Crippen LogP contribution in [0.3, 0.4) is 0 Å². The first-order valence-electron chi connectivity index (χ1n) is 8.00. The second kappa shape index (κ2) is 10.9. The molecule has 0 aliphatic rings. The summed E-state index contributed by atoms with van der Waals surface area (Å²) >= 11 is 0. The molecule has 1 unspecified atom stereocenters. The van der Waals surface area contributed by atoms with E-state index in [1.807, 2.05) is 6.08 Å². The van der Waals surface area contributed by atoms with Crippen molar-refractivity contribution in [2.45, 2.75) is 51.0 Å². The zero-order chi connectivity index (χ0) is 16.2. The molecule has 0 amide bonds. The van der Waals surface area contributed by atoms with Crippen molar-refractivity contribution in [3.05, 3.63) is 46.0 Å². The van der Waals surface area contributed by atoms with E-state index < -0.39 is 0 Å². The van der Waals surface area contributed by atoms with Crippen LogP contribution in [0.1, 0.15) is 50.5 Å². The van der Waals surface area contributed by atoms with Gasteiger partial charge in [0.05, 0.1) is 10.5 Å². The smallest absolute Gasteiger partial charge is 0.276 e. The molecular formula is C17H27N3O2. The average molecular weight is 305 g/mol. The lowest BCUT2D eigenvalue weighted by molar-refractivity contribution is -0.385. The second-order valence-electron chi connectivity index (χ2n) is 5.56. The Morgan fingerprint density at radius 3 is 2.55 bits per heavy atom. The Morgan fingerprint density at radius 1 is 1.14 bits per heavy atom. The van der Waals surface area contributed by atoms with Crippen LogP contribution in [0.15, 0.2) is 30.3 Å². The number of unbranched alkanes of at least 4 members (excludes halogenated alkanes) is 4. The summed E-state index contributed by atoms with van der Waals surface area (Å²) in [6.45, 7) is 0.774. The van der Waals surface area contributed by atoms with Crippen molar-refractivity contribution in [1.29, 1.82) is 0 Å². The predicted molar refractivity (Wildman–Crippen MR) is 91.5 cm³/mol. The molecule has 1 aromatic rings. The predicted octanol–water partition coefficient (Wildman–Crippen LogP) is 3.62. The van der Waals surface area contributed by atoms with E-state index in [1.54, 1.807) is 24.3 Å². The van der Waals surface area contributed by atoms with Crippen molar-refractivity contribution < 1.29 is 4.92 Å². The monoisotopic (exact) mass is 305 g/mol. The molecule has 22 heavy (non-hydrogen) atoms. The largest absolute Gasteiger partial charge is 0.330 e. The van der Waals surface area contributed by atoms with Gasteiger partial charge in [-0.3, -0.25) is 10.1 Å². The molecule has 0 aliphatic heterocycles. The standard InChI is InChI=1S/C17H27N3O2/c18-14-7-3-1-2-4-11-16(19)12-8-10-15-9-5-6-13-17(15)20(21)22/h5-6,8-10,13,16H,1-4,7,11-12,14,18-19H2. The lowest BCUT2D eigenvalue weighted by Gasteiger charge is -2.08. The fourth-order valence-corrected chi connectivity index (χ4v) is 2.36. The molecule has 0 spiro atoms. The van der Waals surface area contributed by atoms with Crippen LogP contribution in [0.4, 0.5) is 5.69 Å². The number of nitrogens with two attached hydrogens (primary N) is 2. The lowest BCUT2D eigenvalue weighted by Crippen LogP contribution is -2.18. The molecule has 4 N–H and O–H groups in total. The summed E-state index contributed by atoms with van der Waals surface area (Å²) in [5, 5.41) is 10.9.